The first-order valence-corrected chi connectivity index (χ1v) is 10.8. The van der Waals surface area contributed by atoms with Crippen LogP contribution in [-0.2, 0) is 14.3 Å². The topological polar surface area (TPSA) is 55.8 Å². The Bertz CT molecular complexity index is 562. The van der Waals surface area contributed by atoms with Crippen molar-refractivity contribution in [2.24, 2.45) is 34.5 Å². The maximum atomic E-state index is 11.9. The highest BCUT2D eigenvalue weighted by molar-refractivity contribution is 5.69. The second-order valence-corrected chi connectivity index (χ2v) is 10.2. The molecule has 0 amide bonds. The van der Waals surface area contributed by atoms with Gasteiger partial charge in [-0.3, -0.25) is 4.79 Å². The van der Waals surface area contributed by atoms with E-state index in [4.69, 9.17) is 9.47 Å². The summed E-state index contributed by atoms with van der Waals surface area (Å²) in [4.78, 5) is 11.9. The fraction of sp³-hybridized carbons (Fsp3) is 0.955. The van der Waals surface area contributed by atoms with E-state index in [0.29, 0.717) is 30.3 Å². The molecule has 4 rings (SSSR count). The van der Waals surface area contributed by atoms with Gasteiger partial charge in [-0.05, 0) is 55.3 Å². The fourth-order valence-corrected chi connectivity index (χ4v) is 7.07. The number of aliphatic hydroxyl groups excluding tert-OH is 1. The van der Waals surface area contributed by atoms with Crippen LogP contribution in [0, 0.1) is 34.5 Å². The van der Waals surface area contributed by atoms with Gasteiger partial charge in [-0.2, -0.15) is 0 Å². The molecule has 1 heterocycles. The highest BCUT2D eigenvalue weighted by Gasteiger charge is 2.64. The lowest BCUT2D eigenvalue weighted by Gasteiger charge is -2.61. The van der Waals surface area contributed by atoms with E-state index in [0.717, 1.165) is 25.2 Å². The van der Waals surface area contributed by atoms with Gasteiger partial charge in [0.1, 0.15) is 6.10 Å². The number of carbonyl (C=O) groups is 1. The molecule has 26 heavy (non-hydrogen) atoms. The van der Waals surface area contributed by atoms with Gasteiger partial charge in [0.15, 0.2) is 0 Å². The molecule has 3 aliphatic carbocycles. The summed E-state index contributed by atoms with van der Waals surface area (Å²) in [6, 6.07) is 0. The molecular formula is C22H36O4. The largest absolute Gasteiger partial charge is 0.459 e. The van der Waals surface area contributed by atoms with Gasteiger partial charge < -0.3 is 14.6 Å². The summed E-state index contributed by atoms with van der Waals surface area (Å²) in [5.41, 5.74) is 0.178. The molecule has 0 bridgehead atoms. The van der Waals surface area contributed by atoms with Crippen molar-refractivity contribution in [1.82, 2.24) is 0 Å². The van der Waals surface area contributed by atoms with Crippen LogP contribution in [0.5, 0.6) is 0 Å². The van der Waals surface area contributed by atoms with Crippen molar-refractivity contribution >= 4 is 5.97 Å². The fourth-order valence-electron chi connectivity index (χ4n) is 7.07. The molecule has 0 aromatic carbocycles. The summed E-state index contributed by atoms with van der Waals surface area (Å²) in [5, 5.41) is 11.1. The molecule has 1 saturated heterocycles. The zero-order chi connectivity index (χ0) is 18.7. The Morgan fingerprint density at radius 3 is 2.65 bits per heavy atom. The molecule has 1 N–H and O–H groups in total. The van der Waals surface area contributed by atoms with Crippen molar-refractivity contribution in [3.05, 3.63) is 0 Å². The number of hydrogen-bond acceptors (Lipinski definition) is 4. The minimum atomic E-state index is -0.284. The van der Waals surface area contributed by atoms with Gasteiger partial charge in [-0.25, -0.2) is 0 Å². The summed E-state index contributed by atoms with van der Waals surface area (Å²) >= 11 is 0. The SMILES string of the molecule is CCC(=O)O[C@H]1COC2C3C(O)CC4C[C@@H](C)CC[C@]4(C)C3CC[C@@]21C. The molecule has 1 aliphatic heterocycles. The number of carbonyl (C=O) groups excluding carboxylic acids is 1. The van der Waals surface area contributed by atoms with E-state index in [1.54, 1.807) is 0 Å². The molecule has 3 saturated carbocycles. The van der Waals surface area contributed by atoms with Crippen molar-refractivity contribution in [2.45, 2.75) is 91.0 Å². The number of esters is 1. The zero-order valence-electron chi connectivity index (χ0n) is 16.9. The van der Waals surface area contributed by atoms with Crippen LogP contribution in [-0.4, -0.2) is 36.0 Å². The Kier molecular flexibility index (Phi) is 4.67. The lowest BCUT2D eigenvalue weighted by Crippen LogP contribution is -2.60. The average molecular weight is 365 g/mol. The third-order valence-corrected chi connectivity index (χ3v) is 8.80. The smallest absolute Gasteiger partial charge is 0.305 e. The lowest BCUT2D eigenvalue weighted by molar-refractivity contribution is -0.189. The maximum absolute atomic E-state index is 11.9. The number of fused-ring (bicyclic) bond motifs is 5. The van der Waals surface area contributed by atoms with Crippen LogP contribution in [0.25, 0.3) is 0 Å². The molecule has 4 nitrogen and oxygen atoms in total. The molecule has 0 aromatic heterocycles. The van der Waals surface area contributed by atoms with E-state index in [9.17, 15) is 9.90 Å². The molecule has 148 valence electrons. The van der Waals surface area contributed by atoms with Crippen molar-refractivity contribution in [3.63, 3.8) is 0 Å². The number of rotatable bonds is 2. The molecule has 0 spiro atoms. The third-order valence-electron chi connectivity index (χ3n) is 8.80. The van der Waals surface area contributed by atoms with E-state index in [1.807, 2.05) is 6.92 Å². The summed E-state index contributed by atoms with van der Waals surface area (Å²) in [6.45, 7) is 9.39. The standard InChI is InChI=1S/C22H36O4/c1-5-18(24)26-17-12-25-20-19-15(7-9-22(17,20)4)21(3)8-6-13(2)10-14(21)11-16(19)23/h13-17,19-20,23H,5-12H2,1-4H3/t13-,14?,15?,16?,17-,19?,20?,21-,22+/m0/s1. The Labute approximate surface area is 158 Å². The predicted octanol–water partition coefficient (Wildman–Crippen LogP) is 3.95. The molecule has 4 heteroatoms. The second-order valence-electron chi connectivity index (χ2n) is 10.2. The Morgan fingerprint density at radius 2 is 1.92 bits per heavy atom. The Hall–Kier alpha value is -0.610. The first kappa shape index (κ1) is 18.7. The highest BCUT2D eigenvalue weighted by Crippen LogP contribution is 2.64. The Balaban J connectivity index is 1.59. The van der Waals surface area contributed by atoms with Gasteiger partial charge in [0, 0.05) is 17.8 Å². The minimum Gasteiger partial charge on any atom is -0.459 e. The quantitative estimate of drug-likeness (QED) is 0.754. The monoisotopic (exact) mass is 364 g/mol. The van der Waals surface area contributed by atoms with E-state index in [1.165, 1.54) is 19.3 Å². The predicted molar refractivity (Wildman–Crippen MR) is 99.5 cm³/mol. The summed E-state index contributed by atoms with van der Waals surface area (Å²) < 4.78 is 12.0. The minimum absolute atomic E-state index is 0.0167. The normalized spacial score (nSPS) is 53.3. The van der Waals surface area contributed by atoms with Gasteiger partial charge in [-0.1, -0.05) is 34.1 Å². The Morgan fingerprint density at radius 1 is 1.19 bits per heavy atom. The zero-order valence-corrected chi connectivity index (χ0v) is 16.9. The van der Waals surface area contributed by atoms with Crippen LogP contribution < -0.4 is 0 Å². The van der Waals surface area contributed by atoms with E-state index >= 15 is 0 Å². The van der Waals surface area contributed by atoms with Crippen LogP contribution in [0.15, 0.2) is 0 Å². The van der Waals surface area contributed by atoms with E-state index in [2.05, 4.69) is 20.8 Å². The number of hydrogen-bond donors (Lipinski definition) is 1. The first-order chi connectivity index (χ1) is 12.3. The van der Waals surface area contributed by atoms with Crippen LogP contribution >= 0.6 is 0 Å². The van der Waals surface area contributed by atoms with Crippen LogP contribution in [0.3, 0.4) is 0 Å². The highest BCUT2D eigenvalue weighted by atomic mass is 16.6. The number of aliphatic hydroxyl groups is 1. The molecule has 9 atom stereocenters. The van der Waals surface area contributed by atoms with E-state index in [-0.39, 0.29) is 35.6 Å². The van der Waals surface area contributed by atoms with Gasteiger partial charge in [-0.15, -0.1) is 0 Å². The second kappa shape index (κ2) is 6.48. The first-order valence-electron chi connectivity index (χ1n) is 10.8. The van der Waals surface area contributed by atoms with Gasteiger partial charge in [0.2, 0.25) is 0 Å². The van der Waals surface area contributed by atoms with Crippen LogP contribution in [0.4, 0.5) is 0 Å². The molecule has 0 aromatic rings. The lowest BCUT2D eigenvalue weighted by atomic mass is 9.45. The van der Waals surface area contributed by atoms with Crippen molar-refractivity contribution in [2.75, 3.05) is 6.61 Å². The van der Waals surface area contributed by atoms with E-state index < -0.39 is 0 Å². The van der Waals surface area contributed by atoms with Gasteiger partial charge >= 0.3 is 5.97 Å². The maximum Gasteiger partial charge on any atom is 0.305 e. The molecule has 5 unspecified atom stereocenters. The molecule has 4 fully saturated rings. The molecular weight excluding hydrogens is 328 g/mol. The van der Waals surface area contributed by atoms with Crippen molar-refractivity contribution < 1.29 is 19.4 Å². The van der Waals surface area contributed by atoms with Gasteiger partial charge in [0.25, 0.3) is 0 Å². The summed E-state index contributed by atoms with van der Waals surface area (Å²) in [5.74, 6) is 2.00. The van der Waals surface area contributed by atoms with Gasteiger partial charge in [0.05, 0.1) is 18.8 Å². The summed E-state index contributed by atoms with van der Waals surface area (Å²) in [7, 11) is 0. The van der Waals surface area contributed by atoms with Crippen LogP contribution in [0.2, 0.25) is 0 Å². The average Bonchev–Trinajstić information content (AvgIpc) is 2.93. The van der Waals surface area contributed by atoms with Crippen LogP contribution in [0.1, 0.15) is 72.6 Å². The third kappa shape index (κ3) is 2.66. The van der Waals surface area contributed by atoms with Crippen molar-refractivity contribution in [1.29, 1.82) is 0 Å². The number of ether oxygens (including phenoxy) is 2. The summed E-state index contributed by atoms with van der Waals surface area (Å²) in [6.07, 6.45) is 6.90. The molecule has 0 radical (unpaired) electrons. The van der Waals surface area contributed by atoms with Crippen molar-refractivity contribution in [3.8, 4) is 0 Å². The molecule has 4 aliphatic rings.